The van der Waals surface area contributed by atoms with Crippen LogP contribution in [0.4, 0.5) is 0 Å². The minimum Gasteiger partial charge on any atom is -0.497 e. The van der Waals surface area contributed by atoms with Crippen LogP contribution in [0.25, 0.3) is 0 Å². The number of ether oxygens (including phenoxy) is 2. The van der Waals surface area contributed by atoms with Gasteiger partial charge in [-0.25, -0.2) is 0 Å². The second-order valence-corrected chi connectivity index (χ2v) is 5.19. The largest absolute Gasteiger partial charge is 0.497 e. The van der Waals surface area contributed by atoms with Crippen LogP contribution < -0.4 is 14.8 Å². The van der Waals surface area contributed by atoms with Crippen LogP contribution in [0.1, 0.15) is 18.5 Å². The van der Waals surface area contributed by atoms with Gasteiger partial charge in [0.15, 0.2) is 0 Å². The lowest BCUT2D eigenvalue weighted by atomic mass is 10.1. The molecule has 0 fully saturated rings. The number of methoxy groups -OCH3 is 1. The Kier molecular flexibility index (Phi) is 5.90. The van der Waals surface area contributed by atoms with Gasteiger partial charge in [0.05, 0.1) is 7.11 Å². The second kappa shape index (κ2) is 7.91. The van der Waals surface area contributed by atoms with Crippen molar-refractivity contribution >= 4 is 11.6 Å². The summed E-state index contributed by atoms with van der Waals surface area (Å²) in [5.41, 5.74) is 1.21. The Morgan fingerprint density at radius 2 is 1.62 bits per heavy atom. The highest BCUT2D eigenvalue weighted by Crippen LogP contribution is 2.17. The van der Waals surface area contributed by atoms with Gasteiger partial charge in [0.2, 0.25) is 0 Å². The monoisotopic (exact) mass is 305 g/mol. The van der Waals surface area contributed by atoms with Gasteiger partial charge >= 0.3 is 0 Å². The van der Waals surface area contributed by atoms with Crippen molar-refractivity contribution in [3.63, 3.8) is 0 Å². The molecule has 0 aliphatic rings. The van der Waals surface area contributed by atoms with E-state index in [4.69, 9.17) is 21.1 Å². The van der Waals surface area contributed by atoms with E-state index in [-0.39, 0.29) is 6.04 Å². The van der Waals surface area contributed by atoms with Crippen molar-refractivity contribution < 1.29 is 9.47 Å². The van der Waals surface area contributed by atoms with E-state index in [1.54, 1.807) is 7.11 Å². The fourth-order valence-corrected chi connectivity index (χ4v) is 2.11. The van der Waals surface area contributed by atoms with Gasteiger partial charge in [0, 0.05) is 17.6 Å². The van der Waals surface area contributed by atoms with Crippen LogP contribution >= 0.6 is 11.6 Å². The fraction of sp³-hybridized carbons (Fsp3) is 0.294. The number of hydrogen-bond donors (Lipinski definition) is 1. The van der Waals surface area contributed by atoms with E-state index in [0.29, 0.717) is 6.61 Å². The van der Waals surface area contributed by atoms with Crippen molar-refractivity contribution in [3.05, 3.63) is 59.1 Å². The summed E-state index contributed by atoms with van der Waals surface area (Å²) in [6.07, 6.45) is 0. The molecule has 1 N–H and O–H groups in total. The first-order valence-corrected chi connectivity index (χ1v) is 7.32. The van der Waals surface area contributed by atoms with Gasteiger partial charge in [-0.15, -0.1) is 0 Å². The van der Waals surface area contributed by atoms with Crippen LogP contribution in [0.15, 0.2) is 48.5 Å². The van der Waals surface area contributed by atoms with E-state index in [0.717, 1.165) is 23.1 Å². The van der Waals surface area contributed by atoms with Crippen molar-refractivity contribution in [2.75, 3.05) is 20.3 Å². The van der Waals surface area contributed by atoms with Crippen molar-refractivity contribution in [1.82, 2.24) is 5.32 Å². The van der Waals surface area contributed by atoms with Gasteiger partial charge < -0.3 is 14.8 Å². The molecule has 0 saturated heterocycles. The summed E-state index contributed by atoms with van der Waals surface area (Å²) in [6, 6.07) is 15.7. The highest BCUT2D eigenvalue weighted by molar-refractivity contribution is 6.30. The SMILES string of the molecule is COc1ccc(OCCNC(C)c2ccc(Cl)cc2)cc1. The lowest BCUT2D eigenvalue weighted by molar-refractivity contribution is 0.307. The molecule has 3 nitrogen and oxygen atoms in total. The smallest absolute Gasteiger partial charge is 0.119 e. The molecule has 1 unspecified atom stereocenters. The Hall–Kier alpha value is -1.71. The third kappa shape index (κ3) is 4.96. The summed E-state index contributed by atoms with van der Waals surface area (Å²) >= 11 is 5.88. The number of halogens is 1. The molecule has 0 aliphatic heterocycles. The second-order valence-electron chi connectivity index (χ2n) is 4.75. The molecule has 21 heavy (non-hydrogen) atoms. The van der Waals surface area contributed by atoms with Crippen LogP contribution in [0.5, 0.6) is 11.5 Å². The van der Waals surface area contributed by atoms with Crippen LogP contribution in [-0.4, -0.2) is 20.3 Å². The Morgan fingerprint density at radius 3 is 2.24 bits per heavy atom. The molecule has 1 atom stereocenters. The lowest BCUT2D eigenvalue weighted by Gasteiger charge is -2.15. The van der Waals surface area contributed by atoms with Crippen LogP contribution in [0.2, 0.25) is 5.02 Å². The highest BCUT2D eigenvalue weighted by atomic mass is 35.5. The molecule has 0 radical (unpaired) electrons. The number of hydrogen-bond acceptors (Lipinski definition) is 3. The van der Waals surface area contributed by atoms with Crippen molar-refractivity contribution in [2.45, 2.75) is 13.0 Å². The Morgan fingerprint density at radius 1 is 1.00 bits per heavy atom. The highest BCUT2D eigenvalue weighted by Gasteiger charge is 2.04. The fourth-order valence-electron chi connectivity index (χ4n) is 1.99. The maximum Gasteiger partial charge on any atom is 0.119 e. The number of rotatable bonds is 7. The molecule has 0 bridgehead atoms. The third-order valence-electron chi connectivity index (χ3n) is 3.25. The predicted molar refractivity (Wildman–Crippen MR) is 86.4 cm³/mol. The summed E-state index contributed by atoms with van der Waals surface area (Å²) in [4.78, 5) is 0. The molecule has 0 aromatic heterocycles. The molecule has 0 spiro atoms. The van der Waals surface area contributed by atoms with E-state index in [9.17, 15) is 0 Å². The summed E-state index contributed by atoms with van der Waals surface area (Å²) in [5.74, 6) is 1.67. The zero-order valence-corrected chi connectivity index (χ0v) is 13.1. The van der Waals surface area contributed by atoms with E-state index in [2.05, 4.69) is 12.2 Å². The minimum absolute atomic E-state index is 0.265. The Labute approximate surface area is 130 Å². The van der Waals surface area contributed by atoms with Crippen molar-refractivity contribution in [3.8, 4) is 11.5 Å². The minimum atomic E-state index is 0.265. The number of benzene rings is 2. The molecular formula is C17H20ClNO2. The maximum absolute atomic E-state index is 5.88. The summed E-state index contributed by atoms with van der Waals surface area (Å²) in [5, 5.41) is 4.18. The van der Waals surface area contributed by atoms with E-state index < -0.39 is 0 Å². The zero-order chi connectivity index (χ0) is 15.1. The van der Waals surface area contributed by atoms with Crippen molar-refractivity contribution in [2.24, 2.45) is 0 Å². The summed E-state index contributed by atoms with van der Waals surface area (Å²) in [7, 11) is 1.65. The van der Waals surface area contributed by atoms with Gasteiger partial charge in [-0.3, -0.25) is 0 Å². The van der Waals surface area contributed by atoms with Crippen LogP contribution in [0.3, 0.4) is 0 Å². The average molecular weight is 306 g/mol. The van der Waals surface area contributed by atoms with Gasteiger partial charge in [0.25, 0.3) is 0 Å². The molecular weight excluding hydrogens is 286 g/mol. The first kappa shape index (κ1) is 15.7. The lowest BCUT2D eigenvalue weighted by Crippen LogP contribution is -2.24. The Bertz CT molecular complexity index is 540. The molecule has 0 saturated carbocycles. The first-order chi connectivity index (χ1) is 10.2. The predicted octanol–water partition coefficient (Wildman–Crippen LogP) is 4.08. The molecule has 112 valence electrons. The first-order valence-electron chi connectivity index (χ1n) is 6.95. The standard InChI is InChI=1S/C17H20ClNO2/c1-13(14-3-5-15(18)6-4-14)19-11-12-21-17-9-7-16(20-2)8-10-17/h3-10,13,19H,11-12H2,1-2H3. The van der Waals surface area contributed by atoms with Gasteiger partial charge in [-0.2, -0.15) is 0 Å². The molecule has 2 aromatic rings. The quantitative estimate of drug-likeness (QED) is 0.782. The topological polar surface area (TPSA) is 30.5 Å². The van der Waals surface area contributed by atoms with Gasteiger partial charge in [-0.05, 0) is 48.9 Å². The normalized spacial score (nSPS) is 12.0. The molecule has 2 aromatic carbocycles. The molecule has 0 amide bonds. The van der Waals surface area contributed by atoms with E-state index in [1.165, 1.54) is 5.56 Å². The molecule has 4 heteroatoms. The molecule has 2 rings (SSSR count). The van der Waals surface area contributed by atoms with E-state index in [1.807, 2.05) is 48.5 Å². The summed E-state index contributed by atoms with van der Waals surface area (Å²) in [6.45, 7) is 3.51. The van der Waals surface area contributed by atoms with Gasteiger partial charge in [0.1, 0.15) is 18.1 Å². The molecule has 0 aliphatic carbocycles. The molecule has 0 heterocycles. The van der Waals surface area contributed by atoms with Crippen LogP contribution in [0, 0.1) is 0 Å². The maximum atomic E-state index is 5.88. The van der Waals surface area contributed by atoms with Crippen LogP contribution in [-0.2, 0) is 0 Å². The average Bonchev–Trinajstić information content (AvgIpc) is 2.52. The van der Waals surface area contributed by atoms with Crippen molar-refractivity contribution in [1.29, 1.82) is 0 Å². The zero-order valence-electron chi connectivity index (χ0n) is 12.3. The third-order valence-corrected chi connectivity index (χ3v) is 3.50. The van der Waals surface area contributed by atoms with Gasteiger partial charge in [-0.1, -0.05) is 23.7 Å². The Balaban J connectivity index is 1.72. The summed E-state index contributed by atoms with van der Waals surface area (Å²) < 4.78 is 10.8. The number of nitrogens with one attached hydrogen (secondary N) is 1. The van der Waals surface area contributed by atoms with E-state index >= 15 is 0 Å².